The van der Waals surface area contributed by atoms with Gasteiger partial charge < -0.3 is 5.32 Å². The van der Waals surface area contributed by atoms with Crippen molar-refractivity contribution in [2.45, 2.75) is 31.7 Å². The summed E-state index contributed by atoms with van der Waals surface area (Å²) in [5, 5.41) is 3.66. The molecule has 1 spiro atoms. The molecule has 2 saturated heterocycles. The molecule has 0 aliphatic carbocycles. The maximum atomic E-state index is 3.81. The smallest absolute Gasteiger partial charge is 0.0233 e. The molecule has 0 saturated carbocycles. The highest BCUT2D eigenvalue weighted by Gasteiger charge is 2.44. The summed E-state index contributed by atoms with van der Waals surface area (Å²) in [4.78, 5) is 2.69. The van der Waals surface area contributed by atoms with Crippen LogP contribution in [0.2, 0.25) is 0 Å². The normalized spacial score (nSPS) is 27.5. The minimum Gasteiger partial charge on any atom is -0.316 e. The van der Waals surface area contributed by atoms with Crippen LogP contribution in [0, 0.1) is 5.41 Å². The Labute approximate surface area is 159 Å². The molecule has 25 heavy (non-hydrogen) atoms. The van der Waals surface area contributed by atoms with Crippen molar-refractivity contribution >= 4 is 15.9 Å². The molecule has 2 aliphatic rings. The zero-order chi connectivity index (χ0) is 17.1. The lowest BCUT2D eigenvalue weighted by atomic mass is 9.63. The molecule has 2 heterocycles. The Balaban J connectivity index is 1.58. The first-order chi connectivity index (χ1) is 12.3. The lowest BCUT2D eigenvalue weighted by Gasteiger charge is -2.51. The number of benzene rings is 2. The van der Waals surface area contributed by atoms with Gasteiger partial charge in [-0.1, -0.05) is 64.5 Å². The van der Waals surface area contributed by atoms with Crippen LogP contribution < -0.4 is 5.32 Å². The number of hydrogen-bond acceptors (Lipinski definition) is 2. The summed E-state index contributed by atoms with van der Waals surface area (Å²) in [5.41, 5.74) is 3.32. The Kier molecular flexibility index (Phi) is 5.25. The maximum Gasteiger partial charge on any atom is 0.0233 e. The minimum atomic E-state index is 0.405. The van der Waals surface area contributed by atoms with Crippen LogP contribution in [0.5, 0.6) is 0 Å². The van der Waals surface area contributed by atoms with E-state index in [1.807, 2.05) is 0 Å². The van der Waals surface area contributed by atoms with E-state index >= 15 is 0 Å². The molecule has 4 rings (SSSR count). The molecule has 0 aromatic heterocycles. The molecule has 1 N–H and O–H groups in total. The van der Waals surface area contributed by atoms with Gasteiger partial charge in [0.05, 0.1) is 0 Å². The number of nitrogens with one attached hydrogen (secondary N) is 1. The molecule has 2 fully saturated rings. The van der Waals surface area contributed by atoms with Gasteiger partial charge in [0.25, 0.3) is 0 Å². The van der Waals surface area contributed by atoms with Gasteiger partial charge in [0.1, 0.15) is 0 Å². The zero-order valence-corrected chi connectivity index (χ0v) is 16.3. The van der Waals surface area contributed by atoms with E-state index in [0.29, 0.717) is 11.3 Å². The predicted octanol–water partition coefficient (Wildman–Crippen LogP) is 4.81. The molecule has 2 nitrogen and oxygen atoms in total. The summed E-state index contributed by atoms with van der Waals surface area (Å²) in [7, 11) is 0. The summed E-state index contributed by atoms with van der Waals surface area (Å²) in [6, 6.07) is 19.8. The second-order valence-electron chi connectivity index (χ2n) is 7.69. The molecule has 132 valence electrons. The fraction of sp³-hybridized carbons (Fsp3) is 0.455. The molecule has 2 unspecified atom stereocenters. The molecule has 0 amide bonds. The van der Waals surface area contributed by atoms with Gasteiger partial charge in [0.15, 0.2) is 0 Å². The highest BCUT2D eigenvalue weighted by molar-refractivity contribution is 9.10. The van der Waals surface area contributed by atoms with Crippen molar-refractivity contribution in [3.8, 4) is 0 Å². The molecule has 2 atom stereocenters. The monoisotopic (exact) mass is 398 g/mol. The minimum absolute atomic E-state index is 0.405. The Morgan fingerprint density at radius 3 is 2.68 bits per heavy atom. The molecule has 2 aromatic rings. The summed E-state index contributed by atoms with van der Waals surface area (Å²) < 4.78 is 1.27. The van der Waals surface area contributed by atoms with Crippen molar-refractivity contribution in [2.24, 2.45) is 5.41 Å². The summed E-state index contributed by atoms with van der Waals surface area (Å²) >= 11 is 3.81. The van der Waals surface area contributed by atoms with E-state index in [9.17, 15) is 0 Å². The molecular formula is C22H27BrN2. The van der Waals surface area contributed by atoms with Gasteiger partial charge in [-0.3, -0.25) is 4.90 Å². The van der Waals surface area contributed by atoms with Crippen LogP contribution >= 0.6 is 15.9 Å². The van der Waals surface area contributed by atoms with Crippen LogP contribution in [0.3, 0.4) is 0 Å². The fourth-order valence-corrected chi connectivity index (χ4v) is 5.46. The van der Waals surface area contributed by atoms with Crippen LogP contribution in [-0.4, -0.2) is 31.1 Å². The van der Waals surface area contributed by atoms with Crippen molar-refractivity contribution in [2.75, 3.05) is 26.2 Å². The highest BCUT2D eigenvalue weighted by Crippen LogP contribution is 2.48. The predicted molar refractivity (Wildman–Crippen MR) is 108 cm³/mol. The molecule has 0 radical (unpaired) electrons. The van der Waals surface area contributed by atoms with Gasteiger partial charge in [-0.05, 0) is 55.0 Å². The molecule has 2 aromatic carbocycles. The first-order valence-corrected chi connectivity index (χ1v) is 10.3. The van der Waals surface area contributed by atoms with Crippen LogP contribution in [0.15, 0.2) is 59.1 Å². The van der Waals surface area contributed by atoms with E-state index in [2.05, 4.69) is 80.7 Å². The molecular weight excluding hydrogens is 372 g/mol. The van der Waals surface area contributed by atoms with Gasteiger partial charge in [-0.25, -0.2) is 0 Å². The second-order valence-corrected chi connectivity index (χ2v) is 8.54. The van der Waals surface area contributed by atoms with Gasteiger partial charge >= 0.3 is 0 Å². The van der Waals surface area contributed by atoms with E-state index in [1.54, 1.807) is 0 Å². The fourth-order valence-electron chi connectivity index (χ4n) is 4.90. The van der Waals surface area contributed by atoms with Crippen molar-refractivity contribution in [1.82, 2.24) is 10.2 Å². The average molecular weight is 399 g/mol. The highest BCUT2D eigenvalue weighted by atomic mass is 79.9. The van der Waals surface area contributed by atoms with Crippen molar-refractivity contribution < 1.29 is 0 Å². The summed E-state index contributed by atoms with van der Waals surface area (Å²) in [6.07, 6.45) is 3.95. The topological polar surface area (TPSA) is 15.3 Å². The largest absolute Gasteiger partial charge is 0.316 e. The van der Waals surface area contributed by atoms with Gasteiger partial charge in [0.2, 0.25) is 0 Å². The van der Waals surface area contributed by atoms with Crippen molar-refractivity contribution in [3.63, 3.8) is 0 Å². The second kappa shape index (κ2) is 7.61. The van der Waals surface area contributed by atoms with E-state index in [-0.39, 0.29) is 0 Å². The van der Waals surface area contributed by atoms with Crippen LogP contribution in [0.1, 0.15) is 36.3 Å². The third kappa shape index (κ3) is 3.69. The number of likely N-dealkylation sites (tertiary alicyclic amines) is 1. The SMILES string of the molecule is Brc1ccccc1C1CNCCC12CCCN(Cc1ccccc1)C2. The average Bonchev–Trinajstić information content (AvgIpc) is 2.64. The Morgan fingerprint density at radius 2 is 1.84 bits per heavy atom. The van der Waals surface area contributed by atoms with E-state index in [1.165, 1.54) is 48.0 Å². The lowest BCUT2D eigenvalue weighted by Crippen LogP contribution is -2.52. The number of halogens is 1. The Hall–Kier alpha value is -1.16. The van der Waals surface area contributed by atoms with E-state index < -0.39 is 0 Å². The quantitative estimate of drug-likeness (QED) is 0.797. The maximum absolute atomic E-state index is 3.81. The standard InChI is InChI=1S/C22H27BrN2/c23-21-10-5-4-9-19(21)20-15-24-13-12-22(20)11-6-14-25(17-22)16-18-7-2-1-3-8-18/h1-5,7-10,20,24H,6,11-17H2. The first kappa shape index (κ1) is 17.3. The van der Waals surface area contributed by atoms with Crippen LogP contribution in [0.4, 0.5) is 0 Å². The van der Waals surface area contributed by atoms with E-state index in [0.717, 1.165) is 19.6 Å². The van der Waals surface area contributed by atoms with Gasteiger partial charge in [-0.2, -0.15) is 0 Å². The van der Waals surface area contributed by atoms with Crippen molar-refractivity contribution in [3.05, 3.63) is 70.2 Å². The van der Waals surface area contributed by atoms with Gasteiger partial charge in [0, 0.05) is 30.0 Å². The molecule has 0 bridgehead atoms. The number of rotatable bonds is 3. The Bertz CT molecular complexity index is 698. The number of hydrogen-bond donors (Lipinski definition) is 1. The third-order valence-electron chi connectivity index (χ3n) is 6.10. The summed E-state index contributed by atoms with van der Waals surface area (Å²) in [5.74, 6) is 0.593. The first-order valence-electron chi connectivity index (χ1n) is 9.48. The van der Waals surface area contributed by atoms with Crippen LogP contribution in [-0.2, 0) is 6.54 Å². The van der Waals surface area contributed by atoms with Crippen LogP contribution in [0.25, 0.3) is 0 Å². The molecule has 3 heteroatoms. The zero-order valence-electron chi connectivity index (χ0n) is 14.8. The Morgan fingerprint density at radius 1 is 1.04 bits per heavy atom. The number of piperidine rings is 2. The lowest BCUT2D eigenvalue weighted by molar-refractivity contribution is 0.0361. The summed E-state index contributed by atoms with van der Waals surface area (Å²) in [6.45, 7) is 5.78. The molecule has 2 aliphatic heterocycles. The number of nitrogens with zero attached hydrogens (tertiary/aromatic N) is 1. The van der Waals surface area contributed by atoms with E-state index in [4.69, 9.17) is 0 Å². The third-order valence-corrected chi connectivity index (χ3v) is 6.83. The van der Waals surface area contributed by atoms with Crippen molar-refractivity contribution in [1.29, 1.82) is 0 Å². The van der Waals surface area contributed by atoms with Gasteiger partial charge in [-0.15, -0.1) is 0 Å².